The van der Waals surface area contributed by atoms with E-state index in [1.165, 1.54) is 22.3 Å². The van der Waals surface area contributed by atoms with Crippen molar-refractivity contribution in [1.29, 1.82) is 0 Å². The van der Waals surface area contributed by atoms with Gasteiger partial charge in [0.25, 0.3) is 0 Å². The molecule has 1 fully saturated rings. The number of piperidine rings is 1. The molecular formula is C21H29N3. The molecule has 2 aromatic carbocycles. The van der Waals surface area contributed by atoms with Crippen molar-refractivity contribution in [2.45, 2.75) is 32.0 Å². The van der Waals surface area contributed by atoms with E-state index in [0.29, 0.717) is 6.04 Å². The third-order valence-electron chi connectivity index (χ3n) is 4.78. The van der Waals surface area contributed by atoms with E-state index in [9.17, 15) is 0 Å². The van der Waals surface area contributed by atoms with Crippen LogP contribution in [0.2, 0.25) is 0 Å². The number of hydrogen-bond acceptors (Lipinski definition) is 3. The summed E-state index contributed by atoms with van der Waals surface area (Å²) in [6.45, 7) is 4.26. The van der Waals surface area contributed by atoms with E-state index < -0.39 is 0 Å². The molecule has 2 N–H and O–H groups in total. The number of nitrogens with zero attached hydrogens (tertiary/aromatic N) is 2. The van der Waals surface area contributed by atoms with Gasteiger partial charge in [-0.2, -0.15) is 0 Å². The van der Waals surface area contributed by atoms with Crippen LogP contribution >= 0.6 is 0 Å². The minimum absolute atomic E-state index is 0.402. The normalized spacial score (nSPS) is 16.7. The number of likely N-dealkylation sites (tertiary alicyclic amines) is 1. The van der Waals surface area contributed by atoms with Gasteiger partial charge in [0.1, 0.15) is 0 Å². The van der Waals surface area contributed by atoms with Crippen LogP contribution in [-0.2, 0) is 13.1 Å². The van der Waals surface area contributed by atoms with E-state index in [1.807, 2.05) is 0 Å². The lowest BCUT2D eigenvalue weighted by molar-refractivity contribution is 0.205. The fraction of sp³-hybridized carbons (Fsp3) is 0.429. The Morgan fingerprint density at radius 1 is 0.875 bits per heavy atom. The highest BCUT2D eigenvalue weighted by atomic mass is 15.1. The Kier molecular flexibility index (Phi) is 5.67. The van der Waals surface area contributed by atoms with Crippen LogP contribution in [0.5, 0.6) is 0 Å². The third-order valence-corrected chi connectivity index (χ3v) is 4.78. The quantitative estimate of drug-likeness (QED) is 0.916. The molecule has 3 heteroatoms. The second-order valence-corrected chi connectivity index (χ2v) is 7.25. The smallest absolute Gasteiger partial charge is 0.0233 e. The lowest BCUT2D eigenvalue weighted by Gasteiger charge is -2.30. The van der Waals surface area contributed by atoms with Gasteiger partial charge >= 0.3 is 0 Å². The molecule has 128 valence electrons. The third kappa shape index (κ3) is 4.67. The highest BCUT2D eigenvalue weighted by molar-refractivity contribution is 5.63. The van der Waals surface area contributed by atoms with Crippen LogP contribution < -0.4 is 5.73 Å². The second kappa shape index (κ2) is 7.93. The highest BCUT2D eigenvalue weighted by Crippen LogP contribution is 2.22. The molecule has 2 aromatic rings. The Labute approximate surface area is 146 Å². The molecule has 0 spiro atoms. The fourth-order valence-corrected chi connectivity index (χ4v) is 3.34. The van der Waals surface area contributed by atoms with Crippen LogP contribution in [0.25, 0.3) is 11.1 Å². The summed E-state index contributed by atoms with van der Waals surface area (Å²) in [4.78, 5) is 4.70. The number of hydrogen-bond donors (Lipinski definition) is 1. The van der Waals surface area contributed by atoms with Gasteiger partial charge in [0.15, 0.2) is 0 Å². The van der Waals surface area contributed by atoms with E-state index in [-0.39, 0.29) is 0 Å². The monoisotopic (exact) mass is 323 g/mol. The molecule has 1 aliphatic heterocycles. The first-order valence-electron chi connectivity index (χ1n) is 8.91. The Morgan fingerprint density at radius 2 is 1.38 bits per heavy atom. The SMILES string of the molecule is CN(C)Cc1ccc(-c2ccc(CN3CCC(N)CC3)cc2)cc1. The molecule has 0 aliphatic carbocycles. The predicted molar refractivity (Wildman–Crippen MR) is 102 cm³/mol. The molecule has 24 heavy (non-hydrogen) atoms. The molecular weight excluding hydrogens is 294 g/mol. The second-order valence-electron chi connectivity index (χ2n) is 7.25. The zero-order chi connectivity index (χ0) is 16.9. The number of nitrogens with two attached hydrogens (primary N) is 1. The molecule has 0 saturated carbocycles. The predicted octanol–water partition coefficient (Wildman–Crippen LogP) is 3.34. The van der Waals surface area contributed by atoms with Crippen LogP contribution in [0.1, 0.15) is 24.0 Å². The van der Waals surface area contributed by atoms with Crippen molar-refractivity contribution in [1.82, 2.24) is 9.80 Å². The minimum Gasteiger partial charge on any atom is -0.328 e. The maximum absolute atomic E-state index is 5.98. The molecule has 0 bridgehead atoms. The summed E-state index contributed by atoms with van der Waals surface area (Å²) in [6.07, 6.45) is 2.24. The summed E-state index contributed by atoms with van der Waals surface area (Å²) in [6, 6.07) is 18.3. The first-order valence-corrected chi connectivity index (χ1v) is 8.91. The van der Waals surface area contributed by atoms with Crippen LogP contribution in [0.3, 0.4) is 0 Å². The van der Waals surface area contributed by atoms with E-state index in [2.05, 4.69) is 72.4 Å². The van der Waals surface area contributed by atoms with Crippen molar-refractivity contribution >= 4 is 0 Å². The number of rotatable bonds is 5. The first-order chi connectivity index (χ1) is 11.6. The van der Waals surface area contributed by atoms with Crippen molar-refractivity contribution in [3.05, 3.63) is 59.7 Å². The minimum atomic E-state index is 0.402. The van der Waals surface area contributed by atoms with Crippen LogP contribution in [-0.4, -0.2) is 43.0 Å². The molecule has 1 saturated heterocycles. The van der Waals surface area contributed by atoms with Crippen LogP contribution in [0, 0.1) is 0 Å². The van der Waals surface area contributed by atoms with Crippen molar-refractivity contribution < 1.29 is 0 Å². The molecule has 3 rings (SSSR count). The topological polar surface area (TPSA) is 32.5 Å². The molecule has 0 atom stereocenters. The van der Waals surface area contributed by atoms with Gasteiger partial charge in [0.05, 0.1) is 0 Å². The lowest BCUT2D eigenvalue weighted by Crippen LogP contribution is -2.39. The van der Waals surface area contributed by atoms with Gasteiger partial charge < -0.3 is 10.6 Å². The van der Waals surface area contributed by atoms with Gasteiger partial charge in [-0.3, -0.25) is 4.90 Å². The van der Waals surface area contributed by atoms with Crippen molar-refractivity contribution in [2.75, 3.05) is 27.2 Å². The van der Waals surface area contributed by atoms with Crippen LogP contribution in [0.4, 0.5) is 0 Å². The maximum atomic E-state index is 5.98. The van der Waals surface area contributed by atoms with Gasteiger partial charge in [-0.05, 0) is 62.3 Å². The van der Waals surface area contributed by atoms with Crippen molar-refractivity contribution in [3.63, 3.8) is 0 Å². The van der Waals surface area contributed by atoms with Crippen molar-refractivity contribution in [3.8, 4) is 11.1 Å². The maximum Gasteiger partial charge on any atom is 0.0233 e. The standard InChI is InChI=1S/C21H29N3/c1-23(2)15-17-3-7-19(8-4-17)20-9-5-18(6-10-20)16-24-13-11-21(22)12-14-24/h3-10,21H,11-16,22H2,1-2H3. The van der Waals surface area contributed by atoms with Gasteiger partial charge in [-0.15, -0.1) is 0 Å². The molecule has 0 unspecified atom stereocenters. The Balaban J connectivity index is 1.61. The number of benzene rings is 2. The van der Waals surface area contributed by atoms with Gasteiger partial charge in [-0.25, -0.2) is 0 Å². The first kappa shape index (κ1) is 17.2. The summed E-state index contributed by atoms with van der Waals surface area (Å²) < 4.78 is 0. The fourth-order valence-electron chi connectivity index (χ4n) is 3.34. The van der Waals surface area contributed by atoms with Crippen molar-refractivity contribution in [2.24, 2.45) is 5.73 Å². The van der Waals surface area contributed by atoms with Gasteiger partial charge in [-0.1, -0.05) is 48.5 Å². The summed E-state index contributed by atoms with van der Waals surface area (Å²) in [7, 11) is 4.20. The largest absolute Gasteiger partial charge is 0.328 e. The molecule has 1 heterocycles. The summed E-state index contributed by atoms with van der Waals surface area (Å²) in [5.41, 5.74) is 11.3. The molecule has 1 aliphatic rings. The summed E-state index contributed by atoms with van der Waals surface area (Å²) in [5.74, 6) is 0. The van der Waals surface area contributed by atoms with E-state index in [0.717, 1.165) is 39.0 Å². The van der Waals surface area contributed by atoms with Gasteiger partial charge in [0.2, 0.25) is 0 Å². The van der Waals surface area contributed by atoms with Gasteiger partial charge in [0, 0.05) is 19.1 Å². The van der Waals surface area contributed by atoms with E-state index in [1.54, 1.807) is 0 Å². The Hall–Kier alpha value is -1.68. The average molecular weight is 323 g/mol. The highest BCUT2D eigenvalue weighted by Gasteiger charge is 2.15. The zero-order valence-electron chi connectivity index (χ0n) is 14.9. The van der Waals surface area contributed by atoms with E-state index in [4.69, 9.17) is 5.73 Å². The molecule has 0 amide bonds. The Bertz CT molecular complexity index is 623. The lowest BCUT2D eigenvalue weighted by atomic mass is 10.0. The molecule has 0 radical (unpaired) electrons. The molecule has 0 aromatic heterocycles. The van der Waals surface area contributed by atoms with Crippen LogP contribution in [0.15, 0.2) is 48.5 Å². The molecule has 3 nitrogen and oxygen atoms in total. The zero-order valence-corrected chi connectivity index (χ0v) is 14.9. The Morgan fingerprint density at radius 3 is 1.88 bits per heavy atom. The summed E-state index contributed by atoms with van der Waals surface area (Å²) >= 11 is 0. The summed E-state index contributed by atoms with van der Waals surface area (Å²) in [5, 5.41) is 0. The average Bonchev–Trinajstić information content (AvgIpc) is 2.58. The van der Waals surface area contributed by atoms with E-state index >= 15 is 0 Å².